The summed E-state index contributed by atoms with van der Waals surface area (Å²) in [6.07, 6.45) is 1.44. The molecular weight excluding hydrogens is 429 g/mol. The quantitative estimate of drug-likeness (QED) is 0.657. The molecule has 1 amide bonds. The maximum absolute atomic E-state index is 14.0. The number of rotatable bonds is 7. The van der Waals surface area contributed by atoms with E-state index in [4.69, 9.17) is 11.6 Å². The Morgan fingerprint density at radius 3 is 2.53 bits per heavy atom. The van der Waals surface area contributed by atoms with Gasteiger partial charge in [0.1, 0.15) is 5.82 Å². The van der Waals surface area contributed by atoms with E-state index in [9.17, 15) is 17.6 Å². The lowest BCUT2D eigenvalue weighted by molar-refractivity contribution is 0.0627. The summed E-state index contributed by atoms with van der Waals surface area (Å²) in [5.41, 5.74) is 0.756. The first-order valence-electron chi connectivity index (χ1n) is 9.47. The standard InChI is InChI=1S/C21H23ClFN3O3S/c1-2-9-24-30(28,29)17-6-3-5-16(14-17)21(27)26-12-10-25(11-13-26)15-18-19(22)7-4-8-20(18)23/h2-8,14,24H,1,9-13,15H2. The van der Waals surface area contributed by atoms with Crippen LogP contribution in [0.3, 0.4) is 0 Å². The second-order valence-electron chi connectivity index (χ2n) is 6.94. The summed E-state index contributed by atoms with van der Waals surface area (Å²) in [6, 6.07) is 10.6. The molecular formula is C21H23ClFN3O3S. The van der Waals surface area contributed by atoms with Gasteiger partial charge in [0.2, 0.25) is 10.0 Å². The molecule has 30 heavy (non-hydrogen) atoms. The molecule has 1 heterocycles. The highest BCUT2D eigenvalue weighted by molar-refractivity contribution is 7.89. The van der Waals surface area contributed by atoms with E-state index in [1.54, 1.807) is 29.2 Å². The molecule has 1 saturated heterocycles. The number of sulfonamides is 1. The van der Waals surface area contributed by atoms with E-state index in [-0.39, 0.29) is 23.2 Å². The number of carbonyl (C=O) groups is 1. The third-order valence-corrected chi connectivity index (χ3v) is 6.69. The van der Waals surface area contributed by atoms with Gasteiger partial charge in [-0.2, -0.15) is 0 Å². The van der Waals surface area contributed by atoms with Crippen LogP contribution >= 0.6 is 11.6 Å². The first kappa shape index (κ1) is 22.4. The molecule has 1 fully saturated rings. The summed E-state index contributed by atoms with van der Waals surface area (Å²) in [5.74, 6) is -0.580. The van der Waals surface area contributed by atoms with E-state index in [0.717, 1.165) is 0 Å². The minimum atomic E-state index is -3.71. The molecule has 0 saturated carbocycles. The molecule has 0 unspecified atom stereocenters. The van der Waals surface area contributed by atoms with Gasteiger partial charge in [-0.25, -0.2) is 17.5 Å². The predicted molar refractivity (Wildman–Crippen MR) is 114 cm³/mol. The number of halogens is 2. The van der Waals surface area contributed by atoms with Crippen LogP contribution in [0.25, 0.3) is 0 Å². The van der Waals surface area contributed by atoms with Crippen molar-refractivity contribution in [3.8, 4) is 0 Å². The van der Waals surface area contributed by atoms with Crippen molar-refractivity contribution in [2.45, 2.75) is 11.4 Å². The average Bonchev–Trinajstić information content (AvgIpc) is 2.75. The van der Waals surface area contributed by atoms with Gasteiger partial charge in [0.15, 0.2) is 0 Å². The SMILES string of the molecule is C=CCNS(=O)(=O)c1cccc(C(=O)N2CCN(Cc3c(F)cccc3Cl)CC2)c1. The van der Waals surface area contributed by atoms with Gasteiger partial charge >= 0.3 is 0 Å². The molecule has 0 atom stereocenters. The van der Waals surface area contributed by atoms with E-state index in [1.807, 2.05) is 4.90 Å². The van der Waals surface area contributed by atoms with Crippen molar-refractivity contribution >= 4 is 27.5 Å². The van der Waals surface area contributed by atoms with Crippen molar-refractivity contribution in [2.75, 3.05) is 32.7 Å². The Morgan fingerprint density at radius 1 is 1.17 bits per heavy atom. The van der Waals surface area contributed by atoms with Crippen molar-refractivity contribution in [1.29, 1.82) is 0 Å². The van der Waals surface area contributed by atoms with E-state index in [0.29, 0.717) is 48.9 Å². The Balaban J connectivity index is 1.64. The molecule has 0 bridgehead atoms. The average molecular weight is 452 g/mol. The fraction of sp³-hybridized carbons (Fsp3) is 0.286. The van der Waals surface area contributed by atoms with E-state index >= 15 is 0 Å². The molecule has 6 nitrogen and oxygen atoms in total. The van der Waals surface area contributed by atoms with Crippen LogP contribution in [0.1, 0.15) is 15.9 Å². The molecule has 160 valence electrons. The van der Waals surface area contributed by atoms with Crippen LogP contribution in [0.2, 0.25) is 5.02 Å². The van der Waals surface area contributed by atoms with Crippen LogP contribution in [0.4, 0.5) is 4.39 Å². The molecule has 1 N–H and O–H groups in total. The summed E-state index contributed by atoms with van der Waals surface area (Å²) < 4.78 is 41.0. The monoisotopic (exact) mass is 451 g/mol. The molecule has 0 spiro atoms. The van der Waals surface area contributed by atoms with Gasteiger partial charge in [0.25, 0.3) is 5.91 Å². The summed E-state index contributed by atoms with van der Waals surface area (Å²) in [4.78, 5) is 16.6. The number of carbonyl (C=O) groups excluding carboxylic acids is 1. The smallest absolute Gasteiger partial charge is 0.253 e. The highest BCUT2D eigenvalue weighted by atomic mass is 35.5. The fourth-order valence-corrected chi connectivity index (χ4v) is 4.51. The normalized spacial score (nSPS) is 15.2. The van der Waals surface area contributed by atoms with Gasteiger partial charge in [0.05, 0.1) is 4.90 Å². The van der Waals surface area contributed by atoms with Crippen LogP contribution in [0, 0.1) is 5.82 Å². The van der Waals surface area contributed by atoms with Gasteiger partial charge in [0, 0.05) is 55.4 Å². The molecule has 1 aliphatic rings. The molecule has 0 aromatic heterocycles. The third-order valence-electron chi connectivity index (χ3n) is 4.91. The van der Waals surface area contributed by atoms with Crippen LogP contribution in [0.15, 0.2) is 60.0 Å². The fourth-order valence-electron chi connectivity index (χ4n) is 3.25. The maximum Gasteiger partial charge on any atom is 0.253 e. The van der Waals surface area contributed by atoms with Crippen LogP contribution in [-0.2, 0) is 16.6 Å². The highest BCUT2D eigenvalue weighted by Gasteiger charge is 2.24. The van der Waals surface area contributed by atoms with E-state index in [2.05, 4.69) is 11.3 Å². The van der Waals surface area contributed by atoms with Gasteiger partial charge in [-0.15, -0.1) is 6.58 Å². The first-order chi connectivity index (χ1) is 14.3. The zero-order chi connectivity index (χ0) is 21.7. The van der Waals surface area contributed by atoms with Gasteiger partial charge in [-0.3, -0.25) is 9.69 Å². The van der Waals surface area contributed by atoms with E-state index < -0.39 is 10.0 Å². The van der Waals surface area contributed by atoms with Gasteiger partial charge in [-0.05, 0) is 30.3 Å². The zero-order valence-corrected chi connectivity index (χ0v) is 17.9. The lowest BCUT2D eigenvalue weighted by Gasteiger charge is -2.35. The Hall–Kier alpha value is -2.26. The predicted octanol–water partition coefficient (Wildman–Crippen LogP) is 2.90. The number of nitrogens with zero attached hydrogens (tertiary/aromatic N) is 2. The molecule has 0 radical (unpaired) electrons. The minimum absolute atomic E-state index is 0.0306. The van der Waals surface area contributed by atoms with Gasteiger partial charge < -0.3 is 4.90 Å². The van der Waals surface area contributed by atoms with Crippen molar-refractivity contribution in [3.05, 3.63) is 77.1 Å². The Morgan fingerprint density at radius 2 is 1.87 bits per heavy atom. The summed E-state index contributed by atoms with van der Waals surface area (Å²) in [7, 11) is -3.71. The number of hydrogen-bond donors (Lipinski definition) is 1. The van der Waals surface area contributed by atoms with Crippen molar-refractivity contribution < 1.29 is 17.6 Å². The van der Waals surface area contributed by atoms with Crippen molar-refractivity contribution in [1.82, 2.24) is 14.5 Å². The number of hydrogen-bond acceptors (Lipinski definition) is 4. The third kappa shape index (κ3) is 5.26. The minimum Gasteiger partial charge on any atom is -0.336 e. The highest BCUT2D eigenvalue weighted by Crippen LogP contribution is 2.22. The maximum atomic E-state index is 14.0. The molecule has 2 aromatic rings. The first-order valence-corrected chi connectivity index (χ1v) is 11.3. The van der Waals surface area contributed by atoms with Gasteiger partial charge in [-0.1, -0.05) is 29.8 Å². The van der Waals surface area contributed by atoms with Crippen LogP contribution in [-0.4, -0.2) is 56.8 Å². The second kappa shape index (κ2) is 9.70. The van der Waals surface area contributed by atoms with Crippen molar-refractivity contribution in [2.24, 2.45) is 0 Å². The van der Waals surface area contributed by atoms with Crippen LogP contribution < -0.4 is 4.72 Å². The molecule has 1 aliphatic heterocycles. The Labute approximate surface area is 181 Å². The summed E-state index contributed by atoms with van der Waals surface area (Å²) in [6.45, 7) is 6.00. The second-order valence-corrected chi connectivity index (χ2v) is 9.11. The zero-order valence-electron chi connectivity index (χ0n) is 16.4. The van der Waals surface area contributed by atoms with Crippen LogP contribution in [0.5, 0.6) is 0 Å². The number of nitrogens with one attached hydrogen (secondary N) is 1. The summed E-state index contributed by atoms with van der Waals surface area (Å²) in [5, 5.41) is 0.386. The van der Waals surface area contributed by atoms with Crippen molar-refractivity contribution in [3.63, 3.8) is 0 Å². The Kier molecular flexibility index (Phi) is 7.25. The molecule has 2 aromatic carbocycles. The molecule has 3 rings (SSSR count). The number of piperazine rings is 1. The summed E-state index contributed by atoms with van der Waals surface area (Å²) >= 11 is 6.10. The lowest BCUT2D eigenvalue weighted by Crippen LogP contribution is -2.48. The largest absolute Gasteiger partial charge is 0.336 e. The number of benzene rings is 2. The van der Waals surface area contributed by atoms with E-state index in [1.165, 1.54) is 24.3 Å². The topological polar surface area (TPSA) is 69.7 Å². The number of amides is 1. The lowest BCUT2D eigenvalue weighted by atomic mass is 10.1. The Bertz CT molecular complexity index is 1020. The molecule has 0 aliphatic carbocycles. The molecule has 9 heteroatoms.